The number of nitrogens with one attached hydrogen (secondary N) is 1. The number of halogens is 2. The summed E-state index contributed by atoms with van der Waals surface area (Å²) in [4.78, 5) is 0. The van der Waals surface area contributed by atoms with Crippen LogP contribution < -0.4 is 5.32 Å². The summed E-state index contributed by atoms with van der Waals surface area (Å²) in [7, 11) is 2.06. The van der Waals surface area contributed by atoms with Crippen LogP contribution in [0.5, 0.6) is 0 Å². The van der Waals surface area contributed by atoms with Crippen LogP contribution in [0.3, 0.4) is 0 Å². The van der Waals surface area contributed by atoms with Gasteiger partial charge in [0.05, 0.1) is 5.02 Å². The van der Waals surface area contributed by atoms with Gasteiger partial charge in [-0.3, -0.25) is 0 Å². The zero-order valence-corrected chi connectivity index (χ0v) is 14.1. The quantitative estimate of drug-likeness (QED) is 0.752. The normalized spacial score (nSPS) is 25.3. The van der Waals surface area contributed by atoms with E-state index in [1.807, 2.05) is 6.07 Å². The molecule has 1 aromatic rings. The zero-order valence-electron chi connectivity index (χ0n) is 11.8. The summed E-state index contributed by atoms with van der Waals surface area (Å²) in [5.74, 6) is 1.52. The largest absolute Gasteiger partial charge is 0.313 e. The lowest BCUT2D eigenvalue weighted by atomic mass is 9.72. The first-order chi connectivity index (χ1) is 9.19. The Kier molecular flexibility index (Phi) is 5.73. The average molecular weight is 345 g/mol. The van der Waals surface area contributed by atoms with E-state index in [4.69, 9.17) is 11.6 Å². The van der Waals surface area contributed by atoms with Crippen LogP contribution >= 0.6 is 27.5 Å². The van der Waals surface area contributed by atoms with Crippen molar-refractivity contribution in [3.63, 3.8) is 0 Å². The van der Waals surface area contributed by atoms with E-state index in [9.17, 15) is 0 Å². The van der Waals surface area contributed by atoms with Gasteiger partial charge in [0.2, 0.25) is 0 Å². The Labute approximate surface area is 130 Å². The van der Waals surface area contributed by atoms with E-state index < -0.39 is 0 Å². The van der Waals surface area contributed by atoms with Crippen LogP contribution in [0.25, 0.3) is 0 Å². The number of rotatable bonds is 4. The number of hydrogen-bond acceptors (Lipinski definition) is 1. The molecule has 3 heteroatoms. The predicted octanol–water partition coefficient (Wildman–Crippen LogP) is 5.58. The number of hydrogen-bond donors (Lipinski definition) is 1. The van der Waals surface area contributed by atoms with Crippen LogP contribution in [0.1, 0.15) is 50.6 Å². The third-order valence-electron chi connectivity index (χ3n) is 4.55. The minimum Gasteiger partial charge on any atom is -0.313 e. The molecule has 0 heterocycles. The molecular formula is C16H23BrClN. The van der Waals surface area contributed by atoms with Gasteiger partial charge >= 0.3 is 0 Å². The Hall–Kier alpha value is -0.0500. The third kappa shape index (κ3) is 3.34. The molecule has 1 N–H and O–H groups in total. The van der Waals surface area contributed by atoms with Crippen molar-refractivity contribution in [3.8, 4) is 0 Å². The molecule has 1 aliphatic carbocycles. The Morgan fingerprint density at radius 2 is 2.11 bits per heavy atom. The highest BCUT2D eigenvalue weighted by Gasteiger charge is 2.32. The molecule has 106 valence electrons. The molecule has 1 aromatic carbocycles. The highest BCUT2D eigenvalue weighted by Crippen LogP contribution is 2.42. The minimum absolute atomic E-state index is 0.371. The molecule has 3 atom stereocenters. The van der Waals surface area contributed by atoms with Gasteiger partial charge in [0.15, 0.2) is 0 Å². The molecule has 0 aliphatic heterocycles. The first kappa shape index (κ1) is 15.3. The van der Waals surface area contributed by atoms with E-state index in [-0.39, 0.29) is 0 Å². The van der Waals surface area contributed by atoms with E-state index in [1.54, 1.807) is 0 Å². The van der Waals surface area contributed by atoms with Crippen molar-refractivity contribution >= 4 is 27.5 Å². The van der Waals surface area contributed by atoms with E-state index in [2.05, 4.69) is 47.4 Å². The molecule has 1 saturated carbocycles. The maximum atomic E-state index is 6.49. The summed E-state index contributed by atoms with van der Waals surface area (Å²) < 4.78 is 0.996. The maximum absolute atomic E-state index is 6.49. The Bertz CT molecular complexity index is 421. The van der Waals surface area contributed by atoms with Gasteiger partial charge in [-0.1, -0.05) is 56.3 Å². The summed E-state index contributed by atoms with van der Waals surface area (Å²) in [6, 6.07) is 6.63. The lowest BCUT2D eigenvalue weighted by Gasteiger charge is -2.37. The summed E-state index contributed by atoms with van der Waals surface area (Å²) in [6.45, 7) is 2.32. The molecule has 0 aromatic heterocycles. The van der Waals surface area contributed by atoms with Crippen molar-refractivity contribution in [3.05, 3.63) is 33.3 Å². The van der Waals surface area contributed by atoms with Crippen LogP contribution in [-0.2, 0) is 0 Å². The van der Waals surface area contributed by atoms with Crippen LogP contribution in [0.15, 0.2) is 22.7 Å². The molecule has 19 heavy (non-hydrogen) atoms. The summed E-state index contributed by atoms with van der Waals surface area (Å²) in [6.07, 6.45) is 6.69. The molecule has 0 radical (unpaired) electrons. The molecule has 0 spiro atoms. The molecule has 0 amide bonds. The van der Waals surface area contributed by atoms with Gasteiger partial charge in [0.25, 0.3) is 0 Å². The Balaban J connectivity index is 2.30. The van der Waals surface area contributed by atoms with Crippen LogP contribution in [-0.4, -0.2) is 7.05 Å². The van der Waals surface area contributed by atoms with Gasteiger partial charge in [-0.25, -0.2) is 0 Å². The second kappa shape index (κ2) is 7.10. The molecule has 0 bridgehead atoms. The highest BCUT2D eigenvalue weighted by molar-refractivity contribution is 9.10. The molecule has 0 saturated heterocycles. The summed E-state index contributed by atoms with van der Waals surface area (Å²) >= 11 is 10.0. The predicted molar refractivity (Wildman–Crippen MR) is 86.7 cm³/mol. The van der Waals surface area contributed by atoms with Gasteiger partial charge in [-0.15, -0.1) is 0 Å². The van der Waals surface area contributed by atoms with Gasteiger partial charge in [-0.05, 0) is 52.9 Å². The topological polar surface area (TPSA) is 12.0 Å². The first-order valence-corrected chi connectivity index (χ1v) is 8.47. The molecule has 1 fully saturated rings. The third-order valence-corrected chi connectivity index (χ3v) is 5.86. The van der Waals surface area contributed by atoms with Gasteiger partial charge in [0, 0.05) is 10.5 Å². The summed E-state index contributed by atoms with van der Waals surface area (Å²) in [5.41, 5.74) is 1.24. The SMILES string of the molecule is CCC1CCCCC1C(NC)c1cccc(Br)c1Cl. The van der Waals surface area contributed by atoms with Gasteiger partial charge < -0.3 is 5.32 Å². The first-order valence-electron chi connectivity index (χ1n) is 7.30. The molecular weight excluding hydrogens is 322 g/mol. The lowest BCUT2D eigenvalue weighted by molar-refractivity contribution is 0.180. The molecule has 3 unspecified atom stereocenters. The van der Waals surface area contributed by atoms with Crippen LogP contribution in [0.2, 0.25) is 5.02 Å². The van der Waals surface area contributed by atoms with Crippen LogP contribution in [0, 0.1) is 11.8 Å². The Morgan fingerprint density at radius 1 is 1.37 bits per heavy atom. The van der Waals surface area contributed by atoms with E-state index in [1.165, 1.54) is 37.7 Å². The Morgan fingerprint density at radius 3 is 2.79 bits per heavy atom. The van der Waals surface area contributed by atoms with E-state index in [0.29, 0.717) is 12.0 Å². The van der Waals surface area contributed by atoms with Crippen molar-refractivity contribution in [2.75, 3.05) is 7.05 Å². The maximum Gasteiger partial charge on any atom is 0.0595 e. The monoisotopic (exact) mass is 343 g/mol. The second-order valence-corrected chi connectivity index (χ2v) is 6.76. The number of benzene rings is 1. The summed E-state index contributed by atoms with van der Waals surface area (Å²) in [5, 5.41) is 4.38. The fraction of sp³-hybridized carbons (Fsp3) is 0.625. The van der Waals surface area contributed by atoms with E-state index in [0.717, 1.165) is 15.4 Å². The van der Waals surface area contributed by atoms with Crippen molar-refractivity contribution in [2.45, 2.75) is 45.1 Å². The molecule has 1 nitrogen and oxygen atoms in total. The van der Waals surface area contributed by atoms with E-state index >= 15 is 0 Å². The van der Waals surface area contributed by atoms with Crippen LogP contribution in [0.4, 0.5) is 0 Å². The second-order valence-electron chi connectivity index (χ2n) is 5.53. The van der Waals surface area contributed by atoms with Crippen molar-refractivity contribution in [1.82, 2.24) is 5.32 Å². The fourth-order valence-corrected chi connectivity index (χ4v) is 4.17. The highest BCUT2D eigenvalue weighted by atomic mass is 79.9. The lowest BCUT2D eigenvalue weighted by Crippen LogP contribution is -2.32. The van der Waals surface area contributed by atoms with Crippen molar-refractivity contribution in [2.24, 2.45) is 11.8 Å². The smallest absolute Gasteiger partial charge is 0.0595 e. The van der Waals surface area contributed by atoms with Crippen molar-refractivity contribution in [1.29, 1.82) is 0 Å². The minimum atomic E-state index is 0.371. The van der Waals surface area contributed by atoms with Gasteiger partial charge in [-0.2, -0.15) is 0 Å². The molecule has 1 aliphatic rings. The fourth-order valence-electron chi connectivity index (χ4n) is 3.54. The average Bonchev–Trinajstić information content (AvgIpc) is 2.45. The van der Waals surface area contributed by atoms with Gasteiger partial charge in [0.1, 0.15) is 0 Å². The molecule has 2 rings (SSSR count). The zero-order chi connectivity index (χ0) is 13.8. The van der Waals surface area contributed by atoms with Crippen molar-refractivity contribution < 1.29 is 0 Å². The standard InChI is InChI=1S/C16H23BrClN/c1-3-11-7-4-5-8-12(11)16(19-2)13-9-6-10-14(17)15(13)18/h6,9-12,16,19H,3-5,7-8H2,1-2H3.